The highest BCUT2D eigenvalue weighted by Gasteiger charge is 2.34. The van der Waals surface area contributed by atoms with Gasteiger partial charge in [0.2, 0.25) is 17.6 Å². The highest BCUT2D eigenvalue weighted by atomic mass is 16.5. The van der Waals surface area contributed by atoms with Crippen LogP contribution in [0.15, 0.2) is 72.8 Å². The van der Waals surface area contributed by atoms with Crippen LogP contribution >= 0.6 is 0 Å². The van der Waals surface area contributed by atoms with E-state index in [0.29, 0.717) is 36.0 Å². The number of aliphatic hydroxyl groups is 2. The number of amides is 5. The van der Waals surface area contributed by atoms with E-state index in [2.05, 4.69) is 54.2 Å². The third-order valence-electron chi connectivity index (χ3n) is 12.8. The van der Waals surface area contributed by atoms with Crippen LogP contribution in [0.2, 0.25) is 0 Å². The van der Waals surface area contributed by atoms with Crippen LogP contribution in [-0.2, 0) is 43.4 Å². The smallest absolute Gasteiger partial charge is 0.290 e. The SMILES string of the molecule is CC.CC1CCCCN1.CN(C(=O)c1c(C=O)cccc1OCC(=O)NC(C)(C)CO)C1CCC(=O)NC1=O.COc1cc(CO)cc(OC)c1OC.COc1ccc(CCCc2cccc(OCC(=O)NCCC(C)C)c2)cc1OC.O=CO. The Morgan fingerprint density at radius 3 is 1.87 bits per heavy atom. The highest BCUT2D eigenvalue weighted by molar-refractivity contribution is 6.07. The molecule has 4 aromatic carbocycles. The van der Waals surface area contributed by atoms with E-state index in [0.717, 1.165) is 59.4 Å². The standard InChI is InChI=1S/C24H33NO4.C20H25N3O7.C10H14O4.C6H13N.C2H6.CH2O2/c1-18(2)13-14-25-24(26)17-29-21-10-6-9-19(15-21)7-5-8-20-11-12-22(27-3)23(16-20)28-4;1-20(2,11-25)22-16(27)10-30-14-6-4-5-12(9-24)17(14)19(29)23(3)13-7-8-15(26)21-18(13)28;1-12-8-4-7(6-11)5-9(13-2)10(8)14-3;1-6-4-2-3-5-7-6;1-2;2-1-3/h6,9-12,15-16,18H,5,7-8,13-14,17H2,1-4H3,(H,25,26);4-6,9,13,25H,7-8,10-11H2,1-3H3,(H,22,27)(H,21,26,28);4-5,11H,6H2,1-3H3;6-7H,2-5H2,1H3;1-2H3;1H,(H,2,3). The molecule has 472 valence electrons. The molecule has 5 amide bonds. The van der Waals surface area contributed by atoms with E-state index < -0.39 is 41.8 Å². The maximum atomic E-state index is 13.1. The van der Waals surface area contributed by atoms with Crippen molar-refractivity contribution in [2.75, 3.05) is 75.5 Å². The van der Waals surface area contributed by atoms with Crippen LogP contribution in [0.5, 0.6) is 40.2 Å². The Morgan fingerprint density at radius 2 is 1.35 bits per heavy atom. The van der Waals surface area contributed by atoms with Crippen molar-refractivity contribution < 1.29 is 82.0 Å². The molecule has 0 aliphatic carbocycles. The summed E-state index contributed by atoms with van der Waals surface area (Å²) in [5, 5.41) is 36.1. The number of carboxylic acid groups (broad SMARTS) is 1. The molecule has 85 heavy (non-hydrogen) atoms. The largest absolute Gasteiger partial charge is 0.493 e. The molecule has 2 aliphatic rings. The summed E-state index contributed by atoms with van der Waals surface area (Å²) in [5.41, 5.74) is 2.23. The Balaban J connectivity index is 0.000000605. The number of carbonyl (C=O) groups excluding carboxylic acids is 6. The minimum Gasteiger partial charge on any atom is -0.493 e. The highest BCUT2D eigenvalue weighted by Crippen LogP contribution is 2.38. The Bertz CT molecular complexity index is 2630. The zero-order valence-corrected chi connectivity index (χ0v) is 51.9. The second-order valence-corrected chi connectivity index (χ2v) is 20.3. The molecule has 4 aromatic rings. The Morgan fingerprint density at radius 1 is 0.753 bits per heavy atom. The Labute approximate surface area is 501 Å². The minimum absolute atomic E-state index is 0.000647. The van der Waals surface area contributed by atoms with Crippen molar-refractivity contribution in [2.45, 2.75) is 130 Å². The van der Waals surface area contributed by atoms with Crippen LogP contribution in [0.25, 0.3) is 0 Å². The van der Waals surface area contributed by atoms with Gasteiger partial charge in [-0.2, -0.15) is 0 Å². The zero-order chi connectivity index (χ0) is 63.9. The monoisotopic (exact) mass is 1190 g/mol. The Hall–Kier alpha value is -7.95. The van der Waals surface area contributed by atoms with E-state index in [-0.39, 0.29) is 61.9 Å². The van der Waals surface area contributed by atoms with Crippen molar-refractivity contribution in [1.29, 1.82) is 0 Å². The molecule has 7 N–H and O–H groups in total. The molecule has 0 aromatic heterocycles. The lowest BCUT2D eigenvalue weighted by atomic mass is 10.0. The molecule has 22 nitrogen and oxygen atoms in total. The first-order valence-electron chi connectivity index (χ1n) is 28.3. The molecule has 2 saturated heterocycles. The van der Waals surface area contributed by atoms with E-state index in [1.807, 2.05) is 44.2 Å². The summed E-state index contributed by atoms with van der Waals surface area (Å²) in [6.07, 6.45) is 8.77. The molecule has 2 unspecified atom stereocenters. The maximum Gasteiger partial charge on any atom is 0.290 e. The summed E-state index contributed by atoms with van der Waals surface area (Å²) in [5.74, 6) is 2.18. The topological polar surface area (TPSA) is 296 Å². The first kappa shape index (κ1) is 75.1. The second kappa shape index (κ2) is 41.9. The van der Waals surface area contributed by atoms with Crippen LogP contribution in [0.1, 0.15) is 131 Å². The van der Waals surface area contributed by atoms with Gasteiger partial charge in [0.05, 0.1) is 59.9 Å². The summed E-state index contributed by atoms with van der Waals surface area (Å²) in [6, 6.07) is 21.7. The lowest BCUT2D eigenvalue weighted by molar-refractivity contribution is -0.136. The van der Waals surface area contributed by atoms with E-state index >= 15 is 0 Å². The predicted molar refractivity (Wildman–Crippen MR) is 324 cm³/mol. The molecule has 2 atom stereocenters. The van der Waals surface area contributed by atoms with Crippen LogP contribution in [0, 0.1) is 5.92 Å². The van der Waals surface area contributed by atoms with E-state index in [9.17, 15) is 33.9 Å². The van der Waals surface area contributed by atoms with Gasteiger partial charge in [0.25, 0.3) is 24.2 Å². The van der Waals surface area contributed by atoms with Gasteiger partial charge in [-0.05, 0) is 137 Å². The number of rotatable bonds is 24. The van der Waals surface area contributed by atoms with E-state index in [4.69, 9.17) is 48.2 Å². The van der Waals surface area contributed by atoms with Crippen molar-refractivity contribution in [1.82, 2.24) is 26.2 Å². The number of nitrogens with one attached hydrogen (secondary N) is 4. The molecule has 6 rings (SSSR count). The normalized spacial score (nSPS) is 14.0. The number of likely N-dealkylation sites (N-methyl/N-ethyl adjacent to an activating group) is 1. The van der Waals surface area contributed by atoms with E-state index in [1.54, 1.807) is 61.5 Å². The summed E-state index contributed by atoms with van der Waals surface area (Å²) >= 11 is 0. The van der Waals surface area contributed by atoms with Gasteiger partial charge >= 0.3 is 0 Å². The number of carbonyl (C=O) groups is 7. The second-order valence-electron chi connectivity index (χ2n) is 20.3. The fourth-order valence-corrected chi connectivity index (χ4v) is 8.24. The van der Waals surface area contributed by atoms with Crippen LogP contribution < -0.4 is 54.4 Å². The van der Waals surface area contributed by atoms with Gasteiger partial charge < -0.3 is 69.3 Å². The van der Waals surface area contributed by atoms with Gasteiger partial charge in [0, 0.05) is 31.6 Å². The molecular formula is C63H93N5O17. The van der Waals surface area contributed by atoms with Gasteiger partial charge in [-0.3, -0.25) is 38.9 Å². The summed E-state index contributed by atoms with van der Waals surface area (Å²) in [6.45, 7) is 14.7. The molecule has 0 bridgehead atoms. The lowest BCUT2D eigenvalue weighted by Crippen LogP contribution is -2.53. The Kier molecular flexibility index (Phi) is 37.0. The number of aryl methyl sites for hydroxylation is 2. The third kappa shape index (κ3) is 28.0. The maximum absolute atomic E-state index is 13.1. The summed E-state index contributed by atoms with van der Waals surface area (Å²) in [4.78, 5) is 81.5. The van der Waals surface area contributed by atoms with Crippen LogP contribution in [0.4, 0.5) is 0 Å². The minimum atomic E-state index is -0.878. The van der Waals surface area contributed by atoms with Crippen molar-refractivity contribution in [3.8, 4) is 40.2 Å². The number of piperidine rings is 2. The first-order chi connectivity index (χ1) is 40.7. The molecule has 2 fully saturated rings. The summed E-state index contributed by atoms with van der Waals surface area (Å²) in [7, 11) is 9.31. The number of aldehydes is 1. The van der Waals surface area contributed by atoms with Crippen molar-refractivity contribution in [3.05, 3.63) is 101 Å². The van der Waals surface area contributed by atoms with Crippen LogP contribution in [-0.4, -0.2) is 156 Å². The first-order valence-corrected chi connectivity index (χ1v) is 28.3. The predicted octanol–water partition coefficient (Wildman–Crippen LogP) is 7.14. The molecule has 22 heteroatoms. The molecule has 0 saturated carbocycles. The summed E-state index contributed by atoms with van der Waals surface area (Å²) < 4.78 is 37.1. The fourth-order valence-electron chi connectivity index (χ4n) is 8.24. The van der Waals surface area contributed by atoms with Gasteiger partial charge in [-0.1, -0.05) is 64.4 Å². The quantitative estimate of drug-likeness (QED) is 0.0271. The average molecular weight is 1190 g/mol. The third-order valence-corrected chi connectivity index (χ3v) is 12.8. The number of benzene rings is 4. The van der Waals surface area contributed by atoms with Gasteiger partial charge in [0.1, 0.15) is 17.5 Å². The molecular weight excluding hydrogens is 1100 g/mol. The lowest BCUT2D eigenvalue weighted by Gasteiger charge is -2.30. The number of methoxy groups -OCH3 is 5. The molecule has 0 spiro atoms. The molecule has 2 heterocycles. The van der Waals surface area contributed by atoms with Crippen molar-refractivity contribution in [3.63, 3.8) is 0 Å². The van der Waals surface area contributed by atoms with Gasteiger partial charge in [-0.15, -0.1) is 0 Å². The molecule has 0 radical (unpaired) electrons. The number of imide groups is 1. The van der Waals surface area contributed by atoms with E-state index in [1.165, 1.54) is 62.2 Å². The van der Waals surface area contributed by atoms with Gasteiger partial charge in [0.15, 0.2) is 42.5 Å². The number of nitrogens with zero attached hydrogens (tertiary/aromatic N) is 1. The number of aliphatic hydroxyl groups excluding tert-OH is 2. The molecule has 2 aliphatic heterocycles. The van der Waals surface area contributed by atoms with Gasteiger partial charge in [-0.25, -0.2) is 0 Å². The number of ether oxygens (including phenoxy) is 7. The number of hydrogen-bond donors (Lipinski definition) is 7. The number of hydrogen-bond acceptors (Lipinski definition) is 17. The fraction of sp³-hybridized carbons (Fsp3) is 0.508. The average Bonchev–Trinajstić information content (AvgIpc) is 3.67. The van der Waals surface area contributed by atoms with Crippen molar-refractivity contribution in [2.24, 2.45) is 5.92 Å². The van der Waals surface area contributed by atoms with Crippen LogP contribution in [0.3, 0.4) is 0 Å². The zero-order valence-electron chi connectivity index (χ0n) is 51.9. The van der Waals surface area contributed by atoms with Crippen molar-refractivity contribution >= 4 is 42.3 Å².